The van der Waals surface area contributed by atoms with E-state index in [-0.39, 0.29) is 12.0 Å². The topological polar surface area (TPSA) is 29.5 Å². The summed E-state index contributed by atoms with van der Waals surface area (Å²) in [5.41, 5.74) is 0. The molecule has 1 heterocycles. The number of hydrogen-bond donors (Lipinski definition) is 1. The third kappa shape index (κ3) is 3.33. The number of aliphatic hydroxyl groups excluding tert-OH is 1. The summed E-state index contributed by atoms with van der Waals surface area (Å²) in [7, 11) is 0. The van der Waals surface area contributed by atoms with Crippen LogP contribution in [0.3, 0.4) is 0 Å². The third-order valence-electron chi connectivity index (χ3n) is 2.37. The lowest BCUT2D eigenvalue weighted by Gasteiger charge is -2.29. The van der Waals surface area contributed by atoms with E-state index in [1.807, 2.05) is 0 Å². The Morgan fingerprint density at radius 3 is 2.92 bits per heavy atom. The maximum atomic E-state index is 9.71. The van der Waals surface area contributed by atoms with E-state index in [4.69, 9.17) is 4.74 Å². The fraction of sp³-hybridized carbons (Fsp3) is 0.636. The van der Waals surface area contributed by atoms with Gasteiger partial charge in [-0.05, 0) is 12.3 Å². The highest BCUT2D eigenvalue weighted by Gasteiger charge is 2.24. The van der Waals surface area contributed by atoms with Gasteiger partial charge >= 0.3 is 0 Å². The number of rotatable bonds is 3. The van der Waals surface area contributed by atoms with Crippen LogP contribution in [-0.4, -0.2) is 24.4 Å². The van der Waals surface area contributed by atoms with Gasteiger partial charge in [0, 0.05) is 12.5 Å². The van der Waals surface area contributed by atoms with Gasteiger partial charge in [-0.15, -0.1) is 0 Å². The van der Waals surface area contributed by atoms with Crippen molar-refractivity contribution in [2.45, 2.75) is 19.4 Å². The largest absolute Gasteiger partial charge is 0.389 e. The highest BCUT2D eigenvalue weighted by Crippen LogP contribution is 2.22. The molecule has 1 N–H and O–H groups in total. The van der Waals surface area contributed by atoms with Gasteiger partial charge in [0.1, 0.15) is 0 Å². The molecule has 1 rings (SSSR count). The zero-order valence-electron chi connectivity index (χ0n) is 8.15. The van der Waals surface area contributed by atoms with Gasteiger partial charge in [-0.1, -0.05) is 31.7 Å². The van der Waals surface area contributed by atoms with Crippen molar-refractivity contribution < 1.29 is 9.84 Å². The Labute approximate surface area is 79.9 Å². The molecule has 0 radical (unpaired) electrons. The van der Waals surface area contributed by atoms with Crippen molar-refractivity contribution in [2.24, 2.45) is 11.8 Å². The molecule has 1 fully saturated rings. The van der Waals surface area contributed by atoms with Gasteiger partial charge in [-0.3, -0.25) is 0 Å². The highest BCUT2D eigenvalue weighted by atomic mass is 16.5. The van der Waals surface area contributed by atoms with Crippen LogP contribution in [0.1, 0.15) is 13.3 Å². The molecular formula is C11H18O2. The predicted molar refractivity (Wildman–Crippen MR) is 53.4 cm³/mol. The van der Waals surface area contributed by atoms with Crippen LogP contribution >= 0.6 is 0 Å². The standard InChI is InChI=1S/C11H18O2/c1-3-4-5-11(12)10-6-9(2)7-13-8-10/h3-5,9-12H,1,6-8H2,2H3. The number of hydrogen-bond acceptors (Lipinski definition) is 2. The summed E-state index contributed by atoms with van der Waals surface area (Å²) in [5.74, 6) is 0.811. The van der Waals surface area contributed by atoms with Gasteiger partial charge in [-0.2, -0.15) is 0 Å². The molecule has 0 amide bonds. The van der Waals surface area contributed by atoms with Gasteiger partial charge in [0.05, 0.1) is 12.7 Å². The van der Waals surface area contributed by atoms with Crippen LogP contribution in [0.25, 0.3) is 0 Å². The van der Waals surface area contributed by atoms with E-state index >= 15 is 0 Å². The van der Waals surface area contributed by atoms with E-state index in [9.17, 15) is 5.11 Å². The van der Waals surface area contributed by atoms with E-state index < -0.39 is 0 Å². The molecule has 74 valence electrons. The number of ether oxygens (including phenoxy) is 1. The van der Waals surface area contributed by atoms with Gasteiger partial charge in [0.2, 0.25) is 0 Å². The van der Waals surface area contributed by atoms with Crippen molar-refractivity contribution in [1.29, 1.82) is 0 Å². The van der Waals surface area contributed by atoms with E-state index in [0.717, 1.165) is 13.0 Å². The first-order valence-electron chi connectivity index (χ1n) is 4.79. The molecule has 0 aromatic rings. The summed E-state index contributed by atoms with van der Waals surface area (Å²) in [5, 5.41) is 9.71. The zero-order chi connectivity index (χ0) is 9.68. The molecule has 0 bridgehead atoms. The first kappa shape index (κ1) is 10.5. The van der Waals surface area contributed by atoms with E-state index in [1.54, 1.807) is 18.2 Å². The minimum Gasteiger partial charge on any atom is -0.389 e. The fourth-order valence-electron chi connectivity index (χ4n) is 1.66. The predicted octanol–water partition coefficient (Wildman–Crippen LogP) is 1.76. The van der Waals surface area contributed by atoms with Crippen molar-refractivity contribution in [3.05, 3.63) is 24.8 Å². The molecule has 2 nitrogen and oxygen atoms in total. The summed E-state index contributed by atoms with van der Waals surface area (Å²) in [6, 6.07) is 0. The summed E-state index contributed by atoms with van der Waals surface area (Å²) < 4.78 is 5.38. The molecule has 0 aromatic heterocycles. The minimum absolute atomic E-state index is 0.250. The molecule has 0 saturated carbocycles. The molecule has 1 saturated heterocycles. The lowest BCUT2D eigenvalue weighted by Crippen LogP contribution is -2.31. The van der Waals surface area contributed by atoms with E-state index in [2.05, 4.69) is 13.5 Å². The summed E-state index contributed by atoms with van der Waals surface area (Å²) in [4.78, 5) is 0. The second kappa shape index (κ2) is 5.20. The first-order chi connectivity index (χ1) is 6.24. The summed E-state index contributed by atoms with van der Waals surface area (Å²) in [6.07, 6.45) is 5.89. The molecular weight excluding hydrogens is 164 g/mol. The number of allylic oxidation sites excluding steroid dienone is 2. The normalized spacial score (nSPS) is 31.8. The maximum absolute atomic E-state index is 9.71. The Hall–Kier alpha value is -0.600. The Kier molecular flexibility index (Phi) is 4.19. The molecule has 3 unspecified atom stereocenters. The molecule has 0 aromatic carbocycles. The van der Waals surface area contributed by atoms with Gasteiger partial charge in [0.25, 0.3) is 0 Å². The monoisotopic (exact) mass is 182 g/mol. The van der Waals surface area contributed by atoms with Crippen molar-refractivity contribution in [3.63, 3.8) is 0 Å². The lowest BCUT2D eigenvalue weighted by molar-refractivity contribution is -0.0181. The Morgan fingerprint density at radius 1 is 1.54 bits per heavy atom. The van der Waals surface area contributed by atoms with Crippen LogP contribution in [0.2, 0.25) is 0 Å². The molecule has 1 aliphatic rings. The van der Waals surface area contributed by atoms with Crippen LogP contribution in [-0.2, 0) is 4.74 Å². The smallest absolute Gasteiger partial charge is 0.0774 e. The third-order valence-corrected chi connectivity index (χ3v) is 2.37. The van der Waals surface area contributed by atoms with Gasteiger partial charge in [-0.25, -0.2) is 0 Å². The molecule has 0 aliphatic carbocycles. The lowest BCUT2D eigenvalue weighted by atomic mass is 9.90. The van der Waals surface area contributed by atoms with Crippen molar-refractivity contribution in [1.82, 2.24) is 0 Å². The van der Waals surface area contributed by atoms with Gasteiger partial charge in [0.15, 0.2) is 0 Å². The van der Waals surface area contributed by atoms with Gasteiger partial charge < -0.3 is 9.84 Å². The first-order valence-corrected chi connectivity index (χ1v) is 4.79. The summed E-state index contributed by atoms with van der Waals surface area (Å²) >= 11 is 0. The van der Waals surface area contributed by atoms with Crippen molar-refractivity contribution in [3.8, 4) is 0 Å². The molecule has 3 atom stereocenters. The molecule has 2 heteroatoms. The Balaban J connectivity index is 2.40. The van der Waals surface area contributed by atoms with Crippen LogP contribution < -0.4 is 0 Å². The minimum atomic E-state index is -0.388. The van der Waals surface area contributed by atoms with Crippen molar-refractivity contribution >= 4 is 0 Å². The van der Waals surface area contributed by atoms with E-state index in [1.165, 1.54) is 0 Å². The van der Waals surface area contributed by atoms with Crippen LogP contribution in [0, 0.1) is 11.8 Å². The second-order valence-corrected chi connectivity index (χ2v) is 3.75. The second-order valence-electron chi connectivity index (χ2n) is 3.75. The van der Waals surface area contributed by atoms with Crippen LogP contribution in [0.4, 0.5) is 0 Å². The highest BCUT2D eigenvalue weighted by molar-refractivity contribution is 5.02. The summed E-state index contributed by atoms with van der Waals surface area (Å²) in [6.45, 7) is 7.21. The molecule has 1 aliphatic heterocycles. The average Bonchev–Trinajstić information content (AvgIpc) is 2.14. The number of aliphatic hydroxyl groups is 1. The molecule has 0 spiro atoms. The maximum Gasteiger partial charge on any atom is 0.0774 e. The average molecular weight is 182 g/mol. The van der Waals surface area contributed by atoms with E-state index in [0.29, 0.717) is 12.5 Å². The Bertz CT molecular complexity index is 187. The van der Waals surface area contributed by atoms with Crippen LogP contribution in [0.15, 0.2) is 24.8 Å². The fourth-order valence-corrected chi connectivity index (χ4v) is 1.66. The Morgan fingerprint density at radius 2 is 2.31 bits per heavy atom. The van der Waals surface area contributed by atoms with Crippen molar-refractivity contribution in [2.75, 3.05) is 13.2 Å². The SMILES string of the molecule is C=CC=CC(O)C1COCC(C)C1. The van der Waals surface area contributed by atoms with Crippen LogP contribution in [0.5, 0.6) is 0 Å². The zero-order valence-corrected chi connectivity index (χ0v) is 8.15. The quantitative estimate of drug-likeness (QED) is 0.674. The molecule has 13 heavy (non-hydrogen) atoms.